The molecule has 8 heteroatoms. The van der Waals surface area contributed by atoms with E-state index in [2.05, 4.69) is 30.5 Å². The third-order valence-corrected chi connectivity index (χ3v) is 5.96. The van der Waals surface area contributed by atoms with Gasteiger partial charge in [-0.2, -0.15) is 0 Å². The number of sulfonamides is 1. The molecule has 0 bridgehead atoms. The summed E-state index contributed by atoms with van der Waals surface area (Å²) in [5, 5.41) is 2.06. The molecule has 1 N–H and O–H groups in total. The van der Waals surface area contributed by atoms with Gasteiger partial charge in [0.15, 0.2) is 5.13 Å². The van der Waals surface area contributed by atoms with E-state index in [1.54, 1.807) is 5.38 Å². The van der Waals surface area contributed by atoms with Crippen LogP contribution in [-0.4, -0.2) is 43.1 Å². The number of hydrogen-bond acceptors (Lipinski definition) is 5. The summed E-state index contributed by atoms with van der Waals surface area (Å²) in [6.45, 7) is 7.37. The van der Waals surface area contributed by atoms with Gasteiger partial charge in [0, 0.05) is 18.0 Å². The molecule has 0 aliphatic carbocycles. The Morgan fingerprint density at radius 2 is 2.12 bits per heavy atom. The van der Waals surface area contributed by atoms with Gasteiger partial charge < -0.3 is 4.90 Å². The summed E-state index contributed by atoms with van der Waals surface area (Å²) in [6.07, 6.45) is 4.55. The first kappa shape index (κ1) is 19.2. The summed E-state index contributed by atoms with van der Waals surface area (Å²) in [4.78, 5) is 19.0. The first-order valence-corrected chi connectivity index (χ1v) is 11.1. The van der Waals surface area contributed by atoms with E-state index in [-0.39, 0.29) is 18.4 Å². The summed E-state index contributed by atoms with van der Waals surface area (Å²) in [5.74, 6) is 1.16. The van der Waals surface area contributed by atoms with E-state index in [4.69, 9.17) is 0 Å². The van der Waals surface area contributed by atoms with Crippen molar-refractivity contribution in [1.29, 1.82) is 0 Å². The molecule has 0 saturated carbocycles. The number of anilines is 1. The number of nitrogens with zero attached hydrogens (tertiary/aromatic N) is 2. The van der Waals surface area contributed by atoms with E-state index < -0.39 is 10.0 Å². The Kier molecular flexibility index (Phi) is 6.25. The lowest BCUT2D eigenvalue weighted by molar-refractivity contribution is -0.133. The van der Waals surface area contributed by atoms with E-state index in [0.29, 0.717) is 22.7 Å². The second-order valence-corrected chi connectivity index (χ2v) is 9.67. The fourth-order valence-corrected chi connectivity index (χ4v) is 4.70. The maximum Gasteiger partial charge on any atom is 0.231 e. The van der Waals surface area contributed by atoms with Crippen LogP contribution in [0.4, 0.5) is 5.13 Å². The van der Waals surface area contributed by atoms with Crippen molar-refractivity contribution in [3.8, 4) is 0 Å². The highest BCUT2D eigenvalue weighted by molar-refractivity contribution is 7.92. The van der Waals surface area contributed by atoms with Crippen LogP contribution in [0.5, 0.6) is 0 Å². The molecule has 1 aliphatic heterocycles. The van der Waals surface area contributed by atoms with Crippen LogP contribution in [0.2, 0.25) is 0 Å². The highest BCUT2D eigenvalue weighted by Crippen LogP contribution is 2.27. The maximum absolute atomic E-state index is 12.8. The van der Waals surface area contributed by atoms with E-state index >= 15 is 0 Å². The van der Waals surface area contributed by atoms with E-state index in [0.717, 1.165) is 32.1 Å². The lowest BCUT2D eigenvalue weighted by Gasteiger charge is -2.33. The Labute approximate surface area is 148 Å². The molecule has 1 aromatic heterocycles. The largest absolute Gasteiger partial charge is 0.339 e. The zero-order valence-corrected chi connectivity index (χ0v) is 16.4. The molecular weight excluding hydrogens is 346 g/mol. The van der Waals surface area contributed by atoms with Crippen molar-refractivity contribution in [3.05, 3.63) is 11.1 Å². The summed E-state index contributed by atoms with van der Waals surface area (Å²) in [6, 6.07) is 0.273. The number of thiazole rings is 1. The van der Waals surface area contributed by atoms with Gasteiger partial charge >= 0.3 is 0 Å². The summed E-state index contributed by atoms with van der Waals surface area (Å²) < 4.78 is 24.8. The minimum atomic E-state index is -3.34. The molecule has 0 spiro atoms. The first-order chi connectivity index (χ1) is 11.2. The molecule has 1 amide bonds. The fourth-order valence-electron chi connectivity index (χ4n) is 3.13. The van der Waals surface area contributed by atoms with E-state index in [1.165, 1.54) is 11.3 Å². The normalized spacial score (nSPS) is 22.5. The maximum atomic E-state index is 12.8. The van der Waals surface area contributed by atoms with Crippen LogP contribution < -0.4 is 4.72 Å². The molecule has 0 radical (unpaired) electrons. The van der Waals surface area contributed by atoms with E-state index in [9.17, 15) is 13.2 Å². The van der Waals surface area contributed by atoms with Gasteiger partial charge in [0.25, 0.3) is 0 Å². The SMILES string of the molecule is CC(C)[C@@H]1CC[C@@H](C)CCN1C(=O)Cc1csc(NS(C)(=O)=O)n1. The smallest absolute Gasteiger partial charge is 0.231 e. The van der Waals surface area contributed by atoms with Crippen molar-refractivity contribution in [2.24, 2.45) is 11.8 Å². The van der Waals surface area contributed by atoms with Crippen molar-refractivity contribution in [2.75, 3.05) is 17.5 Å². The highest BCUT2D eigenvalue weighted by atomic mass is 32.2. The van der Waals surface area contributed by atoms with Crippen molar-refractivity contribution in [3.63, 3.8) is 0 Å². The van der Waals surface area contributed by atoms with Crippen molar-refractivity contribution < 1.29 is 13.2 Å². The van der Waals surface area contributed by atoms with Crippen LogP contribution in [0.3, 0.4) is 0 Å². The Bertz CT molecular complexity index is 670. The van der Waals surface area contributed by atoms with Gasteiger partial charge in [0.2, 0.25) is 15.9 Å². The molecular formula is C16H27N3O3S2. The number of likely N-dealkylation sites (tertiary alicyclic amines) is 1. The molecule has 24 heavy (non-hydrogen) atoms. The van der Waals surface area contributed by atoms with Crippen LogP contribution in [0, 0.1) is 11.8 Å². The predicted octanol–water partition coefficient (Wildman–Crippen LogP) is 2.73. The number of carbonyl (C=O) groups is 1. The second kappa shape index (κ2) is 7.82. The quantitative estimate of drug-likeness (QED) is 0.861. The van der Waals surface area contributed by atoms with Gasteiger partial charge in [0.05, 0.1) is 18.4 Å². The molecule has 6 nitrogen and oxygen atoms in total. The fraction of sp³-hybridized carbons (Fsp3) is 0.750. The number of aromatic nitrogens is 1. The van der Waals surface area contributed by atoms with Crippen molar-refractivity contribution in [1.82, 2.24) is 9.88 Å². The average molecular weight is 374 g/mol. The average Bonchev–Trinajstić information content (AvgIpc) is 2.76. The molecule has 1 aromatic rings. The number of amides is 1. The monoisotopic (exact) mass is 373 g/mol. The Balaban J connectivity index is 2.06. The van der Waals surface area contributed by atoms with Crippen molar-refractivity contribution >= 4 is 32.4 Å². The predicted molar refractivity (Wildman–Crippen MR) is 97.6 cm³/mol. The van der Waals surface area contributed by atoms with Gasteiger partial charge in [-0.1, -0.05) is 20.8 Å². The van der Waals surface area contributed by atoms with Crippen LogP contribution >= 0.6 is 11.3 Å². The first-order valence-electron chi connectivity index (χ1n) is 8.37. The highest BCUT2D eigenvalue weighted by Gasteiger charge is 2.29. The number of nitrogens with one attached hydrogen (secondary N) is 1. The molecule has 1 saturated heterocycles. The number of hydrogen-bond donors (Lipinski definition) is 1. The van der Waals surface area contributed by atoms with Gasteiger partial charge in [0.1, 0.15) is 0 Å². The second-order valence-electron chi connectivity index (χ2n) is 7.06. The summed E-state index contributed by atoms with van der Waals surface area (Å²) >= 11 is 1.20. The standard InChI is InChI=1S/C16H27N3O3S2/c1-11(2)14-6-5-12(3)7-8-19(14)15(20)9-13-10-23-16(17-13)18-24(4,21)22/h10-12,14H,5-9H2,1-4H3,(H,17,18)/t12-,14+/m1/s1. The van der Waals surface area contributed by atoms with E-state index in [1.807, 2.05) is 4.90 Å². The van der Waals surface area contributed by atoms with Crippen molar-refractivity contribution in [2.45, 2.75) is 52.5 Å². The number of carbonyl (C=O) groups excluding carboxylic acids is 1. The van der Waals surface area contributed by atoms with Crippen LogP contribution in [0.25, 0.3) is 0 Å². The third kappa shape index (κ3) is 5.44. The molecule has 1 aliphatic rings. The molecule has 136 valence electrons. The van der Waals surface area contributed by atoms with Gasteiger partial charge in [-0.05, 0) is 31.1 Å². The van der Waals surface area contributed by atoms with Gasteiger partial charge in [-0.15, -0.1) is 11.3 Å². The van der Waals surface area contributed by atoms with Crippen LogP contribution in [0.1, 0.15) is 45.7 Å². The minimum Gasteiger partial charge on any atom is -0.339 e. The lowest BCUT2D eigenvalue weighted by Crippen LogP contribution is -2.43. The topological polar surface area (TPSA) is 79.4 Å². The summed E-state index contributed by atoms with van der Waals surface area (Å²) in [5.41, 5.74) is 0.621. The molecule has 0 aromatic carbocycles. The Morgan fingerprint density at radius 1 is 1.42 bits per heavy atom. The molecule has 2 heterocycles. The Hall–Kier alpha value is -1.15. The molecule has 0 unspecified atom stereocenters. The molecule has 1 fully saturated rings. The number of rotatable bonds is 5. The lowest BCUT2D eigenvalue weighted by atomic mass is 9.95. The molecule has 2 rings (SSSR count). The third-order valence-electron chi connectivity index (χ3n) is 4.47. The van der Waals surface area contributed by atoms with Crippen LogP contribution in [0.15, 0.2) is 5.38 Å². The zero-order chi connectivity index (χ0) is 17.9. The molecule has 2 atom stereocenters. The summed E-state index contributed by atoms with van der Waals surface area (Å²) in [7, 11) is -3.34. The Morgan fingerprint density at radius 3 is 2.75 bits per heavy atom. The zero-order valence-electron chi connectivity index (χ0n) is 14.8. The van der Waals surface area contributed by atoms with Gasteiger partial charge in [-0.25, -0.2) is 13.4 Å². The minimum absolute atomic E-state index is 0.0824. The van der Waals surface area contributed by atoms with Crippen LogP contribution in [-0.2, 0) is 21.2 Å². The van der Waals surface area contributed by atoms with Gasteiger partial charge in [-0.3, -0.25) is 9.52 Å².